The van der Waals surface area contributed by atoms with E-state index in [9.17, 15) is 4.79 Å². The normalized spacial score (nSPS) is 17.1. The number of fused-ring (bicyclic) bond motifs is 1. The van der Waals surface area contributed by atoms with Crippen LogP contribution in [0.4, 0.5) is 5.82 Å². The molecule has 158 valence electrons. The number of benzene rings is 1. The molecule has 4 rings (SSSR count). The average Bonchev–Trinajstić information content (AvgIpc) is 3.22. The quantitative estimate of drug-likeness (QED) is 0.559. The lowest BCUT2D eigenvalue weighted by atomic mass is 9.85. The zero-order valence-electron chi connectivity index (χ0n) is 17.1. The number of hydrogen-bond acceptors (Lipinski definition) is 5. The molecule has 1 atom stereocenters. The number of H-pyrrole nitrogens is 1. The second kappa shape index (κ2) is 8.62. The van der Waals surface area contributed by atoms with Gasteiger partial charge in [-0.3, -0.25) is 4.79 Å². The second-order valence-electron chi connectivity index (χ2n) is 8.04. The second-order valence-corrected chi connectivity index (χ2v) is 8.48. The van der Waals surface area contributed by atoms with Gasteiger partial charge in [-0.15, -0.1) is 0 Å². The lowest BCUT2D eigenvalue weighted by Gasteiger charge is -2.39. The van der Waals surface area contributed by atoms with E-state index < -0.39 is 5.54 Å². The van der Waals surface area contributed by atoms with Gasteiger partial charge >= 0.3 is 0 Å². The van der Waals surface area contributed by atoms with Crippen LogP contribution in [-0.4, -0.2) is 39.5 Å². The van der Waals surface area contributed by atoms with E-state index in [1.807, 2.05) is 36.5 Å². The number of amides is 1. The molecule has 3 heterocycles. The predicted octanol–water partition coefficient (Wildman–Crippen LogP) is 3.57. The smallest absolute Gasteiger partial charge is 0.222 e. The van der Waals surface area contributed by atoms with Gasteiger partial charge in [0.1, 0.15) is 17.8 Å². The zero-order chi connectivity index (χ0) is 21.1. The van der Waals surface area contributed by atoms with Gasteiger partial charge in [-0.25, -0.2) is 9.97 Å². The Morgan fingerprint density at radius 3 is 2.70 bits per heavy atom. The monoisotopic (exact) mass is 426 g/mol. The Balaban J connectivity index is 1.36. The maximum Gasteiger partial charge on any atom is 0.222 e. The van der Waals surface area contributed by atoms with Crippen LogP contribution in [-0.2, 0) is 4.79 Å². The summed E-state index contributed by atoms with van der Waals surface area (Å²) < 4.78 is 0. The van der Waals surface area contributed by atoms with E-state index in [4.69, 9.17) is 17.3 Å². The summed E-state index contributed by atoms with van der Waals surface area (Å²) in [5.41, 5.74) is 8.00. The zero-order valence-corrected chi connectivity index (χ0v) is 17.8. The molecule has 30 heavy (non-hydrogen) atoms. The molecule has 0 unspecified atom stereocenters. The van der Waals surface area contributed by atoms with Gasteiger partial charge < -0.3 is 20.9 Å². The third kappa shape index (κ3) is 4.42. The first kappa shape index (κ1) is 20.6. The average molecular weight is 427 g/mol. The summed E-state index contributed by atoms with van der Waals surface area (Å²) in [5.74, 6) is 0.907. The molecule has 3 aromatic rings. The first-order valence-electron chi connectivity index (χ1n) is 10.3. The molecule has 4 N–H and O–H groups in total. The van der Waals surface area contributed by atoms with Crippen LogP contribution in [0.5, 0.6) is 0 Å². The number of nitrogens with zero attached hydrogens (tertiary/aromatic N) is 3. The van der Waals surface area contributed by atoms with Gasteiger partial charge in [0, 0.05) is 36.3 Å². The highest BCUT2D eigenvalue weighted by Gasteiger charge is 2.34. The summed E-state index contributed by atoms with van der Waals surface area (Å²) in [6, 6.07) is 9.56. The molecule has 0 aliphatic carbocycles. The van der Waals surface area contributed by atoms with Crippen LogP contribution in [0.2, 0.25) is 5.02 Å². The van der Waals surface area contributed by atoms with Crippen molar-refractivity contribution >= 4 is 34.4 Å². The van der Waals surface area contributed by atoms with Crippen molar-refractivity contribution in [1.82, 2.24) is 20.3 Å². The number of aromatic amines is 1. The first-order chi connectivity index (χ1) is 14.5. The molecule has 1 saturated heterocycles. The molecular formula is C22H27ClN6O. The minimum atomic E-state index is -0.511. The fourth-order valence-electron chi connectivity index (χ4n) is 4.13. The molecule has 0 saturated carbocycles. The van der Waals surface area contributed by atoms with Gasteiger partial charge in [0.25, 0.3) is 0 Å². The highest BCUT2D eigenvalue weighted by molar-refractivity contribution is 6.30. The molecule has 0 spiro atoms. The number of carbonyl (C=O) groups excluding carboxylic acids is 1. The molecule has 1 aliphatic rings. The largest absolute Gasteiger partial charge is 0.356 e. The predicted molar refractivity (Wildman–Crippen MR) is 119 cm³/mol. The number of nitrogens with two attached hydrogens (primary N) is 1. The minimum absolute atomic E-state index is 0.0113. The Labute approximate surface area is 181 Å². The van der Waals surface area contributed by atoms with Gasteiger partial charge in [-0.1, -0.05) is 30.7 Å². The van der Waals surface area contributed by atoms with Crippen molar-refractivity contribution < 1.29 is 4.79 Å². The molecule has 0 bridgehead atoms. The standard InChI is InChI=1S/C22H27ClN6O/c1-2-18(15-3-5-16(23)6-4-15)28-19(30)13-22(24)8-11-29(12-9-22)21-17-7-10-25-20(17)26-14-27-21/h3-7,10,14,18H,2,8-9,11-13,24H2,1H3,(H,28,30)(H,25,26,27)/t18-/m1/s1. The van der Waals surface area contributed by atoms with Gasteiger partial charge in [0.2, 0.25) is 5.91 Å². The number of nitrogens with one attached hydrogen (secondary N) is 2. The Kier molecular flexibility index (Phi) is 5.92. The Bertz CT molecular complexity index is 1010. The fourth-order valence-corrected chi connectivity index (χ4v) is 4.26. The van der Waals surface area contributed by atoms with Crippen LogP contribution in [0.25, 0.3) is 11.0 Å². The van der Waals surface area contributed by atoms with Crippen LogP contribution in [0.3, 0.4) is 0 Å². The van der Waals surface area contributed by atoms with E-state index in [1.165, 1.54) is 0 Å². The SMILES string of the molecule is CC[C@@H](NC(=O)CC1(N)CCN(c2ncnc3[nH]ccc23)CC1)c1ccc(Cl)cc1. The molecule has 1 amide bonds. The van der Waals surface area contributed by atoms with Crippen LogP contribution in [0.15, 0.2) is 42.9 Å². The van der Waals surface area contributed by atoms with E-state index in [2.05, 4.69) is 32.1 Å². The molecule has 8 heteroatoms. The van der Waals surface area contributed by atoms with Crippen molar-refractivity contribution in [2.24, 2.45) is 5.73 Å². The lowest BCUT2D eigenvalue weighted by Crippen LogP contribution is -2.53. The van der Waals surface area contributed by atoms with E-state index in [0.29, 0.717) is 11.4 Å². The third-order valence-corrected chi connectivity index (χ3v) is 6.17. The summed E-state index contributed by atoms with van der Waals surface area (Å²) in [5, 5.41) is 4.83. The molecule has 1 aromatic carbocycles. The number of piperidine rings is 1. The molecule has 1 fully saturated rings. The van der Waals surface area contributed by atoms with E-state index >= 15 is 0 Å². The van der Waals surface area contributed by atoms with E-state index in [1.54, 1.807) is 6.33 Å². The highest BCUT2D eigenvalue weighted by atomic mass is 35.5. The third-order valence-electron chi connectivity index (χ3n) is 5.92. The molecular weight excluding hydrogens is 400 g/mol. The van der Waals surface area contributed by atoms with E-state index in [0.717, 1.165) is 54.8 Å². The molecule has 0 radical (unpaired) electrons. The summed E-state index contributed by atoms with van der Waals surface area (Å²) in [6.07, 6.45) is 6.03. The van der Waals surface area contributed by atoms with Gasteiger partial charge in [0.05, 0.1) is 11.4 Å². The maximum absolute atomic E-state index is 12.8. The van der Waals surface area contributed by atoms with Crippen molar-refractivity contribution in [2.75, 3.05) is 18.0 Å². The van der Waals surface area contributed by atoms with Gasteiger partial charge in [0.15, 0.2) is 0 Å². The van der Waals surface area contributed by atoms with E-state index in [-0.39, 0.29) is 11.9 Å². The Hall–Kier alpha value is -2.64. The van der Waals surface area contributed by atoms with Gasteiger partial charge in [-0.05, 0) is 43.0 Å². The van der Waals surface area contributed by atoms with Crippen molar-refractivity contribution in [1.29, 1.82) is 0 Å². The molecule has 7 nitrogen and oxygen atoms in total. The van der Waals surface area contributed by atoms with Crippen LogP contribution >= 0.6 is 11.6 Å². The number of carbonyl (C=O) groups is 1. The van der Waals surface area contributed by atoms with Crippen LogP contribution in [0, 0.1) is 0 Å². The first-order valence-corrected chi connectivity index (χ1v) is 10.7. The topological polar surface area (TPSA) is 99.9 Å². The summed E-state index contributed by atoms with van der Waals surface area (Å²) in [6.45, 7) is 3.57. The van der Waals surface area contributed by atoms with Gasteiger partial charge in [-0.2, -0.15) is 0 Å². The number of anilines is 1. The maximum atomic E-state index is 12.8. The Morgan fingerprint density at radius 2 is 2.00 bits per heavy atom. The molecule has 1 aliphatic heterocycles. The number of aromatic nitrogens is 3. The fraction of sp³-hybridized carbons (Fsp3) is 0.409. The lowest BCUT2D eigenvalue weighted by molar-refractivity contribution is -0.123. The van der Waals surface area contributed by atoms with Crippen LogP contribution < -0.4 is 16.0 Å². The van der Waals surface area contributed by atoms with Crippen LogP contribution in [0.1, 0.15) is 44.2 Å². The summed E-state index contributed by atoms with van der Waals surface area (Å²) >= 11 is 5.98. The Morgan fingerprint density at radius 1 is 1.27 bits per heavy atom. The number of hydrogen-bond donors (Lipinski definition) is 3. The van der Waals surface area contributed by atoms with Crippen molar-refractivity contribution in [3.05, 3.63) is 53.4 Å². The summed E-state index contributed by atoms with van der Waals surface area (Å²) in [4.78, 5) is 26.8. The van der Waals surface area contributed by atoms with Crippen molar-refractivity contribution in [3.8, 4) is 0 Å². The minimum Gasteiger partial charge on any atom is -0.356 e. The summed E-state index contributed by atoms with van der Waals surface area (Å²) in [7, 11) is 0. The molecule has 2 aromatic heterocycles. The highest BCUT2D eigenvalue weighted by Crippen LogP contribution is 2.30. The number of rotatable bonds is 6. The van der Waals surface area contributed by atoms with Crippen molar-refractivity contribution in [2.45, 2.75) is 44.2 Å². The van der Waals surface area contributed by atoms with Crippen molar-refractivity contribution in [3.63, 3.8) is 0 Å². The number of halogens is 1.